The summed E-state index contributed by atoms with van der Waals surface area (Å²) < 4.78 is 3.63. The minimum atomic E-state index is -0.867. The second kappa shape index (κ2) is 6.08. The molecular formula is C18H26Hf. The fourth-order valence-corrected chi connectivity index (χ4v) is 9.97. The van der Waals surface area contributed by atoms with Crippen molar-refractivity contribution in [1.29, 1.82) is 0 Å². The number of hydrogen-bond donors (Lipinski definition) is 0. The second-order valence-electron chi connectivity index (χ2n) is 6.47. The molecule has 2 aliphatic rings. The molecule has 0 aliphatic heterocycles. The van der Waals surface area contributed by atoms with E-state index in [0.29, 0.717) is 11.8 Å². The first kappa shape index (κ1) is 15.2. The van der Waals surface area contributed by atoms with Crippen LogP contribution in [0.2, 0.25) is 0 Å². The molecule has 19 heavy (non-hydrogen) atoms. The molecule has 0 fully saturated rings. The van der Waals surface area contributed by atoms with Gasteiger partial charge in [0.15, 0.2) is 0 Å². The Morgan fingerprint density at radius 2 is 1.16 bits per heavy atom. The van der Waals surface area contributed by atoms with Crippen molar-refractivity contribution in [3.8, 4) is 0 Å². The Bertz CT molecular complexity index is 450. The van der Waals surface area contributed by atoms with Gasteiger partial charge in [0.25, 0.3) is 0 Å². The third-order valence-corrected chi connectivity index (χ3v) is 11.1. The van der Waals surface area contributed by atoms with E-state index in [1.807, 2.05) is 6.66 Å². The molecule has 0 nitrogen and oxygen atoms in total. The molecule has 102 valence electrons. The zero-order valence-electron chi connectivity index (χ0n) is 13.2. The Kier molecular flexibility index (Phi) is 4.87. The van der Waals surface area contributed by atoms with Gasteiger partial charge in [0.05, 0.1) is 0 Å². The standard InChI is InChI=1S/2C9H13.Hf/c2*1-7(2)9-5-4-8(3)6-9;/h2*5,7H,4H2,1-3H3;. The first-order valence-electron chi connectivity index (χ1n) is 7.49. The minimum absolute atomic E-state index is 0.703. The summed E-state index contributed by atoms with van der Waals surface area (Å²) >= 11 is -0.867. The monoisotopic (exact) mass is 422 g/mol. The molecule has 0 saturated heterocycles. The van der Waals surface area contributed by atoms with Gasteiger partial charge in [-0.2, -0.15) is 0 Å². The second-order valence-corrected chi connectivity index (χ2v) is 11.0. The summed E-state index contributed by atoms with van der Waals surface area (Å²) in [4.78, 5) is 0. The van der Waals surface area contributed by atoms with Crippen LogP contribution in [0, 0.1) is 11.8 Å². The van der Waals surface area contributed by atoms with E-state index in [9.17, 15) is 0 Å². The van der Waals surface area contributed by atoms with Gasteiger partial charge >= 0.3 is 130 Å². The molecule has 0 atom stereocenters. The number of allylic oxidation sites excluding steroid dienone is 8. The molecule has 0 aromatic carbocycles. The number of rotatable bonds is 4. The molecule has 0 aromatic heterocycles. The van der Waals surface area contributed by atoms with Gasteiger partial charge in [0.1, 0.15) is 0 Å². The van der Waals surface area contributed by atoms with Gasteiger partial charge in [-0.05, 0) is 0 Å². The van der Waals surface area contributed by atoms with E-state index in [-0.39, 0.29) is 0 Å². The topological polar surface area (TPSA) is 0 Å². The van der Waals surface area contributed by atoms with Crippen molar-refractivity contribution in [3.05, 3.63) is 41.1 Å². The van der Waals surface area contributed by atoms with Crippen LogP contribution in [0.3, 0.4) is 0 Å². The summed E-state index contributed by atoms with van der Waals surface area (Å²) in [5, 5.41) is 0. The van der Waals surface area contributed by atoms with E-state index in [0.717, 1.165) is 0 Å². The van der Waals surface area contributed by atoms with Gasteiger partial charge < -0.3 is 0 Å². The quantitative estimate of drug-likeness (QED) is 0.520. The third kappa shape index (κ3) is 3.12. The van der Waals surface area contributed by atoms with E-state index in [4.69, 9.17) is 0 Å². The average molecular weight is 421 g/mol. The first-order chi connectivity index (χ1) is 8.91. The molecule has 0 unspecified atom stereocenters. The van der Waals surface area contributed by atoms with E-state index in [1.165, 1.54) is 12.8 Å². The van der Waals surface area contributed by atoms with Crippen LogP contribution in [0.15, 0.2) is 41.1 Å². The molecule has 0 N–H and O–H groups in total. The van der Waals surface area contributed by atoms with Crippen molar-refractivity contribution >= 4 is 0 Å². The Labute approximate surface area is 130 Å². The van der Waals surface area contributed by atoms with Gasteiger partial charge in [-0.15, -0.1) is 0 Å². The van der Waals surface area contributed by atoms with Gasteiger partial charge in [0.2, 0.25) is 0 Å². The van der Waals surface area contributed by atoms with Crippen LogP contribution in [0.25, 0.3) is 0 Å². The van der Waals surface area contributed by atoms with Crippen LogP contribution in [0.5, 0.6) is 0 Å². The van der Waals surface area contributed by atoms with Gasteiger partial charge in [-0.25, -0.2) is 0 Å². The van der Waals surface area contributed by atoms with Crippen LogP contribution >= 0.6 is 0 Å². The molecule has 0 amide bonds. The van der Waals surface area contributed by atoms with E-state index < -0.39 is 22.9 Å². The van der Waals surface area contributed by atoms with E-state index in [2.05, 4.69) is 53.7 Å². The molecule has 2 aliphatic carbocycles. The fourth-order valence-electron chi connectivity index (χ4n) is 2.96. The SMILES string of the molecule is CC1=[C]([Hf][C]2=C(C)CC=C2C(C)C)C(C(C)C)=CC1. The zero-order valence-corrected chi connectivity index (χ0v) is 16.8. The van der Waals surface area contributed by atoms with Crippen molar-refractivity contribution in [2.45, 2.75) is 54.4 Å². The normalized spacial score (nSPS) is 19.8. The van der Waals surface area contributed by atoms with Crippen molar-refractivity contribution in [3.63, 3.8) is 0 Å². The summed E-state index contributed by atoms with van der Waals surface area (Å²) in [6, 6.07) is 0. The molecule has 0 radical (unpaired) electrons. The molecule has 0 saturated carbocycles. The summed E-state index contributed by atoms with van der Waals surface area (Å²) in [6.45, 7) is 14.1. The van der Waals surface area contributed by atoms with Crippen molar-refractivity contribution in [2.75, 3.05) is 0 Å². The Morgan fingerprint density at radius 3 is 1.47 bits per heavy atom. The van der Waals surface area contributed by atoms with Crippen LogP contribution < -0.4 is 0 Å². The summed E-state index contributed by atoms with van der Waals surface area (Å²) in [5.74, 6) is 1.41. The molecule has 0 heterocycles. The maximum absolute atomic E-state index is 2.49. The van der Waals surface area contributed by atoms with Gasteiger partial charge in [-0.1, -0.05) is 0 Å². The summed E-state index contributed by atoms with van der Waals surface area (Å²) in [6.07, 6.45) is 7.41. The van der Waals surface area contributed by atoms with E-state index in [1.54, 1.807) is 22.3 Å². The number of hydrogen-bond acceptors (Lipinski definition) is 0. The van der Waals surface area contributed by atoms with Crippen LogP contribution in [0.1, 0.15) is 54.4 Å². The maximum atomic E-state index is 2.49. The Hall–Kier alpha value is -0.170. The average Bonchev–Trinajstić information content (AvgIpc) is 2.85. The molecule has 2 rings (SSSR count). The van der Waals surface area contributed by atoms with E-state index >= 15 is 0 Å². The fraction of sp³-hybridized carbons (Fsp3) is 0.556. The molecule has 1 heteroatoms. The van der Waals surface area contributed by atoms with Gasteiger partial charge in [-0.3, -0.25) is 0 Å². The van der Waals surface area contributed by atoms with Crippen LogP contribution in [-0.2, 0) is 22.9 Å². The molecular weight excluding hydrogens is 395 g/mol. The third-order valence-electron chi connectivity index (χ3n) is 4.18. The predicted octanol–water partition coefficient (Wildman–Crippen LogP) is 5.59. The van der Waals surface area contributed by atoms with Crippen molar-refractivity contribution in [2.24, 2.45) is 11.8 Å². The molecule has 0 spiro atoms. The molecule has 0 aromatic rings. The predicted molar refractivity (Wildman–Crippen MR) is 80.5 cm³/mol. The van der Waals surface area contributed by atoms with Crippen molar-refractivity contribution in [1.82, 2.24) is 0 Å². The van der Waals surface area contributed by atoms with Gasteiger partial charge in [0, 0.05) is 0 Å². The summed E-state index contributed by atoms with van der Waals surface area (Å²) in [5.41, 5.74) is 6.69. The van der Waals surface area contributed by atoms with Crippen LogP contribution in [-0.4, -0.2) is 0 Å². The Morgan fingerprint density at radius 1 is 0.789 bits per heavy atom. The van der Waals surface area contributed by atoms with Crippen molar-refractivity contribution < 1.29 is 22.9 Å². The zero-order chi connectivity index (χ0) is 14.2. The summed E-state index contributed by atoms with van der Waals surface area (Å²) in [7, 11) is 0. The Balaban J connectivity index is 2.27. The first-order valence-corrected chi connectivity index (χ1v) is 11.1. The molecule has 0 bridgehead atoms. The van der Waals surface area contributed by atoms with Crippen LogP contribution in [0.4, 0.5) is 0 Å².